The van der Waals surface area contributed by atoms with Crippen molar-refractivity contribution >= 4 is 34.2 Å². The first-order valence-electron chi connectivity index (χ1n) is 12.8. The smallest absolute Gasteiger partial charge is 0.326 e. The van der Waals surface area contributed by atoms with E-state index in [0.717, 1.165) is 38.7 Å². The molecule has 0 fully saturated rings. The fraction of sp³-hybridized carbons (Fsp3) is 0.219. The molecule has 2 amide bonds. The number of carbonyl (C=O) groups is 3. The molecule has 1 atom stereocenters. The highest BCUT2D eigenvalue weighted by molar-refractivity contribution is 5.95. The summed E-state index contributed by atoms with van der Waals surface area (Å²) in [5.74, 6) is -1.31. The Morgan fingerprint density at radius 2 is 1.53 bits per heavy atom. The van der Waals surface area contributed by atoms with Crippen molar-refractivity contribution in [3.8, 4) is 11.1 Å². The molecule has 6 heteroatoms. The largest absolute Gasteiger partial charge is 0.480 e. The van der Waals surface area contributed by atoms with Crippen LogP contribution in [-0.2, 0) is 27.2 Å². The first kappa shape index (κ1) is 26.6. The van der Waals surface area contributed by atoms with Crippen LogP contribution in [0.1, 0.15) is 30.9 Å². The predicted octanol–water partition coefficient (Wildman–Crippen LogP) is 5.62. The van der Waals surface area contributed by atoms with Crippen molar-refractivity contribution in [2.24, 2.45) is 0 Å². The van der Waals surface area contributed by atoms with Crippen LogP contribution in [0.4, 0.5) is 5.69 Å². The summed E-state index contributed by atoms with van der Waals surface area (Å²) in [6.45, 7) is 1.88. The molecule has 0 aromatic heterocycles. The molecule has 0 bridgehead atoms. The molecule has 0 spiro atoms. The van der Waals surface area contributed by atoms with E-state index < -0.39 is 12.0 Å². The van der Waals surface area contributed by atoms with Gasteiger partial charge in [0.1, 0.15) is 6.04 Å². The predicted molar refractivity (Wildman–Crippen MR) is 151 cm³/mol. The van der Waals surface area contributed by atoms with E-state index in [0.29, 0.717) is 19.3 Å². The zero-order chi connectivity index (χ0) is 27.1. The molecule has 0 radical (unpaired) electrons. The number of hydrogen-bond acceptors (Lipinski definition) is 3. The van der Waals surface area contributed by atoms with Gasteiger partial charge < -0.3 is 15.3 Å². The molecule has 0 aliphatic carbocycles. The van der Waals surface area contributed by atoms with Crippen LogP contribution in [0.2, 0.25) is 0 Å². The van der Waals surface area contributed by atoms with Gasteiger partial charge in [-0.1, -0.05) is 85.8 Å². The van der Waals surface area contributed by atoms with Crippen molar-refractivity contribution in [1.29, 1.82) is 0 Å². The fourth-order valence-corrected chi connectivity index (χ4v) is 4.44. The maximum Gasteiger partial charge on any atom is 0.326 e. The summed E-state index contributed by atoms with van der Waals surface area (Å²) >= 11 is 0. The Labute approximate surface area is 222 Å². The van der Waals surface area contributed by atoms with E-state index >= 15 is 0 Å². The van der Waals surface area contributed by atoms with Gasteiger partial charge >= 0.3 is 5.97 Å². The highest BCUT2D eigenvalue weighted by Crippen LogP contribution is 2.26. The Hall–Kier alpha value is -4.45. The highest BCUT2D eigenvalue weighted by atomic mass is 16.4. The molecule has 0 heterocycles. The third-order valence-electron chi connectivity index (χ3n) is 6.61. The summed E-state index contributed by atoms with van der Waals surface area (Å²) in [4.78, 5) is 38.2. The van der Waals surface area contributed by atoms with Gasteiger partial charge in [-0.2, -0.15) is 0 Å². The number of anilines is 1. The summed E-state index contributed by atoms with van der Waals surface area (Å²) in [6, 6.07) is 28.6. The molecule has 0 saturated heterocycles. The molecule has 0 aliphatic rings. The molecule has 194 valence electrons. The normalized spacial score (nSPS) is 11.6. The van der Waals surface area contributed by atoms with Gasteiger partial charge in [0.25, 0.3) is 0 Å². The topological polar surface area (TPSA) is 86.7 Å². The first-order valence-corrected chi connectivity index (χ1v) is 12.8. The summed E-state index contributed by atoms with van der Waals surface area (Å²) in [5.41, 5.74) is 4.48. The Morgan fingerprint density at radius 1 is 0.816 bits per heavy atom. The number of nitrogens with one attached hydrogen (secondary N) is 1. The second-order valence-electron chi connectivity index (χ2n) is 9.47. The Balaban J connectivity index is 1.44. The molecule has 0 unspecified atom stereocenters. The number of fused-ring (bicyclic) bond motifs is 1. The van der Waals surface area contributed by atoms with Crippen LogP contribution in [0.3, 0.4) is 0 Å². The van der Waals surface area contributed by atoms with Crippen molar-refractivity contribution in [2.75, 3.05) is 11.9 Å². The number of carbonyl (C=O) groups excluding carboxylic acids is 2. The van der Waals surface area contributed by atoms with Crippen molar-refractivity contribution < 1.29 is 19.5 Å². The lowest BCUT2D eigenvalue weighted by atomic mass is 10.00. The SMILES string of the molecule is CCCC(=O)N[C@@H](Cc1ccc(-c2cccc(N(C)C(=O)Cc3ccc4ccccc4c3)c2)cc1)C(=O)O. The van der Waals surface area contributed by atoms with Crippen LogP contribution in [0.15, 0.2) is 91.0 Å². The lowest BCUT2D eigenvalue weighted by Crippen LogP contribution is -2.42. The maximum absolute atomic E-state index is 13.1. The van der Waals surface area contributed by atoms with Crippen LogP contribution in [0.25, 0.3) is 21.9 Å². The molecule has 0 saturated carbocycles. The molecular weight excluding hydrogens is 476 g/mol. The van der Waals surface area contributed by atoms with E-state index in [1.807, 2.05) is 85.8 Å². The Kier molecular flexibility index (Phi) is 8.54. The number of carboxylic acids is 1. The average Bonchev–Trinajstić information content (AvgIpc) is 2.92. The molecular formula is C32H32N2O4. The number of carboxylic acid groups (broad SMARTS) is 1. The summed E-state index contributed by atoms with van der Waals surface area (Å²) in [5, 5.41) is 14.4. The minimum atomic E-state index is -1.05. The monoisotopic (exact) mass is 508 g/mol. The van der Waals surface area contributed by atoms with Crippen molar-refractivity contribution in [2.45, 2.75) is 38.6 Å². The molecule has 4 aromatic carbocycles. The van der Waals surface area contributed by atoms with Crippen LogP contribution in [0.5, 0.6) is 0 Å². The van der Waals surface area contributed by atoms with Gasteiger partial charge in [-0.3, -0.25) is 9.59 Å². The van der Waals surface area contributed by atoms with E-state index in [9.17, 15) is 19.5 Å². The van der Waals surface area contributed by atoms with Gasteiger partial charge in [-0.15, -0.1) is 0 Å². The summed E-state index contributed by atoms with van der Waals surface area (Å²) in [7, 11) is 1.78. The standard InChI is InChI=1S/C32H32N2O4/c1-3-7-30(35)33-29(32(37)38)19-22-12-15-25(16-13-22)27-10-6-11-28(21-27)34(2)31(36)20-23-14-17-24-8-4-5-9-26(24)18-23/h4-6,8-18,21,29H,3,7,19-20H2,1-2H3,(H,33,35)(H,37,38)/t29-/m0/s1. The quantitative estimate of drug-likeness (QED) is 0.291. The zero-order valence-corrected chi connectivity index (χ0v) is 21.7. The van der Waals surface area contributed by atoms with E-state index in [-0.39, 0.29) is 18.2 Å². The lowest BCUT2D eigenvalue weighted by Gasteiger charge is -2.19. The molecule has 4 rings (SSSR count). The molecule has 38 heavy (non-hydrogen) atoms. The number of likely N-dealkylation sites (N-methyl/N-ethyl adjacent to an activating group) is 1. The minimum absolute atomic E-state index is 0.00221. The molecule has 6 nitrogen and oxygen atoms in total. The van der Waals surface area contributed by atoms with Gasteiger partial charge in [0.2, 0.25) is 11.8 Å². The van der Waals surface area contributed by atoms with E-state index in [4.69, 9.17) is 0 Å². The Morgan fingerprint density at radius 3 is 2.24 bits per heavy atom. The summed E-state index contributed by atoms with van der Waals surface area (Å²) < 4.78 is 0. The summed E-state index contributed by atoms with van der Waals surface area (Å²) in [6.07, 6.45) is 1.48. The minimum Gasteiger partial charge on any atom is -0.480 e. The number of amides is 2. The molecule has 2 N–H and O–H groups in total. The van der Waals surface area contributed by atoms with Gasteiger partial charge in [0.15, 0.2) is 0 Å². The van der Waals surface area contributed by atoms with Crippen LogP contribution >= 0.6 is 0 Å². The number of rotatable bonds is 10. The third kappa shape index (κ3) is 6.65. The van der Waals surface area contributed by atoms with Crippen LogP contribution in [0, 0.1) is 0 Å². The van der Waals surface area contributed by atoms with Gasteiger partial charge in [-0.25, -0.2) is 4.79 Å². The number of aliphatic carboxylic acids is 1. The van der Waals surface area contributed by atoms with Gasteiger partial charge in [0.05, 0.1) is 6.42 Å². The number of benzene rings is 4. The van der Waals surface area contributed by atoms with Crippen LogP contribution in [-0.4, -0.2) is 36.0 Å². The van der Waals surface area contributed by atoms with Gasteiger partial charge in [-0.05, 0) is 51.6 Å². The van der Waals surface area contributed by atoms with Gasteiger partial charge in [0, 0.05) is 25.6 Å². The fourth-order valence-electron chi connectivity index (χ4n) is 4.44. The average molecular weight is 509 g/mol. The van der Waals surface area contributed by atoms with E-state index in [2.05, 4.69) is 17.4 Å². The van der Waals surface area contributed by atoms with E-state index in [1.165, 1.54) is 0 Å². The lowest BCUT2D eigenvalue weighted by molar-refractivity contribution is -0.141. The zero-order valence-electron chi connectivity index (χ0n) is 21.7. The second-order valence-corrected chi connectivity index (χ2v) is 9.47. The van der Waals surface area contributed by atoms with Crippen molar-refractivity contribution in [1.82, 2.24) is 5.32 Å². The van der Waals surface area contributed by atoms with Crippen molar-refractivity contribution in [3.05, 3.63) is 102 Å². The molecule has 0 aliphatic heterocycles. The highest BCUT2D eigenvalue weighted by Gasteiger charge is 2.20. The molecule has 4 aromatic rings. The third-order valence-corrected chi connectivity index (χ3v) is 6.61. The number of nitrogens with zero attached hydrogens (tertiary/aromatic N) is 1. The maximum atomic E-state index is 13.1. The van der Waals surface area contributed by atoms with Crippen LogP contribution < -0.4 is 10.2 Å². The Bertz CT molecular complexity index is 1450. The number of hydrogen-bond donors (Lipinski definition) is 2. The van der Waals surface area contributed by atoms with Crippen molar-refractivity contribution in [3.63, 3.8) is 0 Å². The second kappa shape index (κ2) is 12.2. The first-order chi connectivity index (χ1) is 18.3. The van der Waals surface area contributed by atoms with E-state index in [1.54, 1.807) is 11.9 Å².